The zero-order chi connectivity index (χ0) is 22.6. The number of rotatable bonds is 8. The number of hydrogen-bond donors (Lipinski definition) is 1. The summed E-state index contributed by atoms with van der Waals surface area (Å²) in [5, 5.41) is 0.806. The summed E-state index contributed by atoms with van der Waals surface area (Å²) in [6.07, 6.45) is 0.537. The number of methoxy groups -OCH3 is 1. The van der Waals surface area contributed by atoms with Crippen molar-refractivity contribution in [2.24, 2.45) is 0 Å². The van der Waals surface area contributed by atoms with E-state index in [1.807, 2.05) is 36.4 Å². The van der Waals surface area contributed by atoms with Crippen LogP contribution in [0.1, 0.15) is 11.1 Å². The summed E-state index contributed by atoms with van der Waals surface area (Å²) in [7, 11) is -2.23. The largest absolute Gasteiger partial charge is 0.497 e. The number of aromatic nitrogens is 1. The van der Waals surface area contributed by atoms with Gasteiger partial charge in [0.1, 0.15) is 5.75 Å². The van der Waals surface area contributed by atoms with Crippen LogP contribution in [0.15, 0.2) is 94.6 Å². The van der Waals surface area contributed by atoms with Gasteiger partial charge in [-0.3, -0.25) is 4.79 Å². The van der Waals surface area contributed by atoms with Gasteiger partial charge in [0.05, 0.1) is 17.5 Å². The normalized spacial score (nSPS) is 11.7. The highest BCUT2D eigenvalue weighted by Gasteiger charge is 2.25. The number of nitrogens with one attached hydrogen (secondary N) is 1. The van der Waals surface area contributed by atoms with Gasteiger partial charge in [0.25, 0.3) is 5.56 Å². The molecule has 4 aromatic rings. The zero-order valence-electron chi connectivity index (χ0n) is 17.7. The van der Waals surface area contributed by atoms with Crippen molar-refractivity contribution in [3.8, 4) is 5.75 Å². The first-order valence-electron chi connectivity index (χ1n) is 10.3. The standard InChI is InChI=1S/C25H24N2O4S/c1-31-22-13-12-20-16-21(25(28)26-24(20)17-22)18-27(15-14-19-8-4-2-5-9-19)32(29,30)23-10-6-3-7-11-23/h2-13,16-17H,14-15,18H2,1H3,(H,26,28). The Labute approximate surface area is 187 Å². The highest BCUT2D eigenvalue weighted by Crippen LogP contribution is 2.21. The van der Waals surface area contributed by atoms with Gasteiger partial charge in [-0.05, 0) is 47.7 Å². The molecule has 0 aliphatic carbocycles. The summed E-state index contributed by atoms with van der Waals surface area (Å²) >= 11 is 0. The number of pyridine rings is 1. The highest BCUT2D eigenvalue weighted by molar-refractivity contribution is 7.89. The predicted octanol–water partition coefficient (Wildman–Crippen LogP) is 3.97. The zero-order valence-corrected chi connectivity index (χ0v) is 18.5. The molecule has 0 amide bonds. The smallest absolute Gasteiger partial charge is 0.252 e. The minimum absolute atomic E-state index is 0.0264. The third-order valence-electron chi connectivity index (χ3n) is 5.35. The van der Waals surface area contributed by atoms with Crippen molar-refractivity contribution in [2.75, 3.05) is 13.7 Å². The Balaban J connectivity index is 1.69. The number of aromatic amines is 1. The number of ether oxygens (including phenoxy) is 1. The van der Waals surface area contributed by atoms with Crippen molar-refractivity contribution in [1.82, 2.24) is 9.29 Å². The van der Waals surface area contributed by atoms with E-state index in [-0.39, 0.29) is 23.5 Å². The molecule has 0 radical (unpaired) electrons. The van der Waals surface area contributed by atoms with Crippen molar-refractivity contribution in [1.29, 1.82) is 0 Å². The second-order valence-electron chi connectivity index (χ2n) is 7.46. The second-order valence-corrected chi connectivity index (χ2v) is 9.40. The third-order valence-corrected chi connectivity index (χ3v) is 7.21. The van der Waals surface area contributed by atoms with Crippen LogP contribution in [0.2, 0.25) is 0 Å². The molecule has 1 N–H and O–H groups in total. The fourth-order valence-electron chi connectivity index (χ4n) is 3.58. The Bertz CT molecular complexity index is 1370. The topological polar surface area (TPSA) is 79.5 Å². The quantitative estimate of drug-likeness (QED) is 0.442. The van der Waals surface area contributed by atoms with Gasteiger partial charge >= 0.3 is 0 Å². The van der Waals surface area contributed by atoms with E-state index in [9.17, 15) is 13.2 Å². The van der Waals surface area contributed by atoms with Crippen LogP contribution in [0.5, 0.6) is 5.75 Å². The van der Waals surface area contributed by atoms with E-state index in [1.165, 1.54) is 4.31 Å². The maximum Gasteiger partial charge on any atom is 0.252 e. The fraction of sp³-hybridized carbons (Fsp3) is 0.160. The molecule has 164 valence electrons. The molecule has 7 heteroatoms. The Morgan fingerprint density at radius 2 is 1.59 bits per heavy atom. The first kappa shape index (κ1) is 21.8. The first-order valence-corrected chi connectivity index (χ1v) is 11.7. The lowest BCUT2D eigenvalue weighted by molar-refractivity contribution is 0.408. The Kier molecular flexibility index (Phi) is 6.39. The number of hydrogen-bond acceptors (Lipinski definition) is 4. The lowest BCUT2D eigenvalue weighted by atomic mass is 10.1. The molecule has 0 aliphatic heterocycles. The van der Waals surface area contributed by atoms with Crippen LogP contribution < -0.4 is 10.3 Å². The van der Waals surface area contributed by atoms with Crippen molar-refractivity contribution in [3.05, 3.63) is 106 Å². The molecule has 0 aliphatic rings. The van der Waals surface area contributed by atoms with Gasteiger partial charge in [-0.25, -0.2) is 8.42 Å². The SMILES string of the molecule is COc1ccc2cc(CN(CCc3ccccc3)S(=O)(=O)c3ccccc3)c(=O)[nH]c2c1. The highest BCUT2D eigenvalue weighted by atomic mass is 32.2. The lowest BCUT2D eigenvalue weighted by Gasteiger charge is -2.22. The molecule has 0 unspecified atom stereocenters. The van der Waals surface area contributed by atoms with Gasteiger partial charge in [0, 0.05) is 24.7 Å². The van der Waals surface area contributed by atoms with Gasteiger partial charge in [0.15, 0.2) is 0 Å². The number of fused-ring (bicyclic) bond motifs is 1. The van der Waals surface area contributed by atoms with Crippen molar-refractivity contribution in [3.63, 3.8) is 0 Å². The number of H-pyrrole nitrogens is 1. The third kappa shape index (κ3) is 4.74. The van der Waals surface area contributed by atoms with E-state index in [2.05, 4.69) is 4.98 Å². The van der Waals surface area contributed by atoms with E-state index in [1.54, 1.807) is 55.6 Å². The van der Waals surface area contributed by atoms with E-state index >= 15 is 0 Å². The van der Waals surface area contributed by atoms with Crippen LogP contribution >= 0.6 is 0 Å². The number of sulfonamides is 1. The van der Waals surface area contributed by atoms with Crippen molar-refractivity contribution < 1.29 is 13.2 Å². The van der Waals surface area contributed by atoms with Crippen LogP contribution in [0.3, 0.4) is 0 Å². The summed E-state index contributed by atoms with van der Waals surface area (Å²) in [6, 6.07) is 25.1. The monoisotopic (exact) mass is 448 g/mol. The van der Waals surface area contributed by atoms with E-state index in [0.29, 0.717) is 23.3 Å². The maximum atomic E-state index is 13.4. The minimum atomic E-state index is -3.79. The van der Waals surface area contributed by atoms with Crippen LogP contribution in [0.4, 0.5) is 0 Å². The van der Waals surface area contributed by atoms with E-state index in [4.69, 9.17) is 4.74 Å². The molecule has 0 spiro atoms. The molecule has 0 saturated carbocycles. The molecule has 4 rings (SSSR count). The summed E-state index contributed by atoms with van der Waals surface area (Å²) in [4.78, 5) is 15.8. The summed E-state index contributed by atoms with van der Waals surface area (Å²) in [5.41, 5.74) is 1.73. The fourth-order valence-corrected chi connectivity index (χ4v) is 5.02. The Morgan fingerprint density at radius 3 is 2.28 bits per heavy atom. The molecule has 0 saturated heterocycles. The van der Waals surface area contributed by atoms with Crippen molar-refractivity contribution in [2.45, 2.75) is 17.9 Å². The van der Waals surface area contributed by atoms with Crippen LogP contribution in [-0.4, -0.2) is 31.4 Å². The molecule has 0 bridgehead atoms. The van der Waals surface area contributed by atoms with Crippen LogP contribution in [0, 0.1) is 0 Å². The number of nitrogens with zero attached hydrogens (tertiary/aromatic N) is 1. The average Bonchev–Trinajstić information content (AvgIpc) is 2.82. The lowest BCUT2D eigenvalue weighted by Crippen LogP contribution is -2.34. The molecule has 0 atom stereocenters. The summed E-state index contributed by atoms with van der Waals surface area (Å²) in [6.45, 7) is 0.225. The van der Waals surface area contributed by atoms with Crippen LogP contribution in [-0.2, 0) is 23.0 Å². The molecular formula is C25H24N2O4S. The second kappa shape index (κ2) is 9.38. The summed E-state index contributed by atoms with van der Waals surface area (Å²) in [5.74, 6) is 0.636. The molecule has 0 fully saturated rings. The van der Waals surface area contributed by atoms with Gasteiger partial charge in [0.2, 0.25) is 10.0 Å². The number of benzene rings is 3. The van der Waals surface area contributed by atoms with E-state index < -0.39 is 10.0 Å². The predicted molar refractivity (Wildman–Crippen MR) is 125 cm³/mol. The van der Waals surface area contributed by atoms with Gasteiger partial charge in [-0.1, -0.05) is 48.5 Å². The minimum Gasteiger partial charge on any atom is -0.497 e. The van der Waals surface area contributed by atoms with E-state index in [0.717, 1.165) is 10.9 Å². The molecule has 32 heavy (non-hydrogen) atoms. The first-order chi connectivity index (χ1) is 15.5. The molecule has 6 nitrogen and oxygen atoms in total. The molecule has 1 aromatic heterocycles. The Hall–Kier alpha value is -3.42. The van der Waals surface area contributed by atoms with Crippen LogP contribution in [0.25, 0.3) is 10.9 Å². The molecular weight excluding hydrogens is 424 g/mol. The van der Waals surface area contributed by atoms with Gasteiger partial charge < -0.3 is 9.72 Å². The maximum absolute atomic E-state index is 13.4. The Morgan fingerprint density at radius 1 is 0.906 bits per heavy atom. The van der Waals surface area contributed by atoms with Crippen molar-refractivity contribution >= 4 is 20.9 Å². The summed E-state index contributed by atoms with van der Waals surface area (Å²) < 4.78 is 33.4. The molecule has 3 aromatic carbocycles. The van der Waals surface area contributed by atoms with Gasteiger partial charge in [-0.15, -0.1) is 0 Å². The average molecular weight is 449 g/mol. The molecule has 1 heterocycles. The van der Waals surface area contributed by atoms with Gasteiger partial charge in [-0.2, -0.15) is 4.31 Å².